The molecule has 10 nitrogen and oxygen atoms in total. The first-order valence-corrected chi connectivity index (χ1v) is 21.6. The molecule has 0 amide bonds. The van der Waals surface area contributed by atoms with Crippen LogP contribution in [0, 0.1) is 0 Å². The predicted molar refractivity (Wildman–Crippen MR) is 262 cm³/mol. The van der Waals surface area contributed by atoms with E-state index in [-0.39, 0.29) is 17.5 Å². The number of hydrogen-bond donors (Lipinski definition) is 5. The van der Waals surface area contributed by atoms with E-state index in [1.165, 1.54) is 0 Å². The second-order valence-corrected chi connectivity index (χ2v) is 16.3. The van der Waals surface area contributed by atoms with Gasteiger partial charge in [0.25, 0.3) is 0 Å². The van der Waals surface area contributed by atoms with Gasteiger partial charge in [-0.3, -0.25) is 0 Å². The summed E-state index contributed by atoms with van der Waals surface area (Å²) < 4.78 is 9.30. The lowest BCUT2D eigenvalue weighted by atomic mass is 9.94. The zero-order chi connectivity index (χ0) is 45.3. The van der Waals surface area contributed by atoms with Crippen molar-refractivity contribution >= 4 is 43.7 Å². The highest BCUT2D eigenvalue weighted by atomic mass is 16.4. The van der Waals surface area contributed by atoms with Crippen LogP contribution in [-0.4, -0.2) is 45.1 Å². The third kappa shape index (κ3) is 6.30. The number of aromatic hydroxyl groups is 5. The van der Waals surface area contributed by atoms with Gasteiger partial charge in [0.15, 0.2) is 29.0 Å². The van der Waals surface area contributed by atoms with Gasteiger partial charge in [-0.2, -0.15) is 0 Å². The average Bonchev–Trinajstić information content (AvgIpc) is 3.93. The number of phenolic OH excluding ortho intramolecular Hbond substituents is 5. The molecule has 0 aliphatic heterocycles. The SMILES string of the molecule is Oc1c(O)c(O)c(-c2nc(-c3ccccc3)nc(-c3cc(-c4ccccc4)cc4c3oc3ccc(-n5c6ccccc6c6cc(-c7ccccc7)ccc65)c(-c5ccccc5)c34)n2)c(O)c1O. The molecule has 0 atom stereocenters. The molecule has 3 heterocycles. The maximum atomic E-state index is 11.2. The molecule has 0 saturated carbocycles. The summed E-state index contributed by atoms with van der Waals surface area (Å²) in [7, 11) is 0. The highest BCUT2D eigenvalue weighted by molar-refractivity contribution is 6.19. The molecule has 10 heteroatoms. The van der Waals surface area contributed by atoms with Gasteiger partial charge in [-0.1, -0.05) is 146 Å². The minimum absolute atomic E-state index is 0.106. The minimum Gasteiger partial charge on any atom is -0.504 e. The fraction of sp³-hybridized carbons (Fsp3) is 0. The van der Waals surface area contributed by atoms with E-state index in [1.807, 2.05) is 84.9 Å². The number of aromatic nitrogens is 4. The van der Waals surface area contributed by atoms with Gasteiger partial charge in [-0.25, -0.2) is 15.0 Å². The summed E-state index contributed by atoms with van der Waals surface area (Å²) >= 11 is 0. The molecule has 0 bridgehead atoms. The van der Waals surface area contributed by atoms with Gasteiger partial charge in [0.1, 0.15) is 16.7 Å². The van der Waals surface area contributed by atoms with Crippen molar-refractivity contribution in [2.45, 2.75) is 0 Å². The number of rotatable bonds is 7. The molecule has 0 aliphatic rings. The Hall–Kier alpha value is -9.41. The van der Waals surface area contributed by atoms with Crippen LogP contribution in [0.1, 0.15) is 0 Å². The fourth-order valence-electron chi connectivity index (χ4n) is 9.27. The van der Waals surface area contributed by atoms with Crippen molar-refractivity contribution in [1.29, 1.82) is 0 Å². The van der Waals surface area contributed by atoms with Crippen molar-refractivity contribution in [2.24, 2.45) is 0 Å². The first-order chi connectivity index (χ1) is 32.8. The Bertz CT molecular complexity index is 3880. The van der Waals surface area contributed by atoms with Crippen molar-refractivity contribution in [1.82, 2.24) is 19.5 Å². The molecule has 0 unspecified atom stereocenters. The van der Waals surface area contributed by atoms with Gasteiger partial charge < -0.3 is 34.5 Å². The average molecular weight is 873 g/mol. The molecule has 0 radical (unpaired) electrons. The zero-order valence-electron chi connectivity index (χ0n) is 35.3. The lowest BCUT2D eigenvalue weighted by molar-refractivity contribution is 0.329. The van der Waals surface area contributed by atoms with E-state index in [0.717, 1.165) is 71.6 Å². The molecule has 0 aliphatic carbocycles. The van der Waals surface area contributed by atoms with Gasteiger partial charge in [-0.05, 0) is 70.3 Å². The lowest BCUT2D eigenvalue weighted by Gasteiger charge is -2.16. The van der Waals surface area contributed by atoms with Crippen molar-refractivity contribution < 1.29 is 29.9 Å². The molecule has 0 saturated heterocycles. The topological polar surface area (TPSA) is 158 Å². The van der Waals surface area contributed by atoms with Crippen LogP contribution in [0.15, 0.2) is 192 Å². The third-order valence-electron chi connectivity index (χ3n) is 12.4. The Kier molecular flexibility index (Phi) is 9.01. The van der Waals surface area contributed by atoms with Crippen LogP contribution in [0.3, 0.4) is 0 Å². The van der Waals surface area contributed by atoms with Crippen LogP contribution in [-0.2, 0) is 0 Å². The van der Waals surface area contributed by atoms with Crippen molar-refractivity contribution in [3.63, 3.8) is 0 Å². The third-order valence-corrected chi connectivity index (χ3v) is 12.4. The second kappa shape index (κ2) is 15.4. The largest absolute Gasteiger partial charge is 0.504 e. The van der Waals surface area contributed by atoms with Crippen LogP contribution >= 0.6 is 0 Å². The monoisotopic (exact) mass is 872 g/mol. The van der Waals surface area contributed by atoms with Crippen LogP contribution in [0.5, 0.6) is 28.7 Å². The Labute approximate surface area is 381 Å². The number of phenols is 5. The van der Waals surface area contributed by atoms with Gasteiger partial charge >= 0.3 is 0 Å². The summed E-state index contributed by atoms with van der Waals surface area (Å²) in [5.41, 5.74) is 10.5. The molecule has 12 rings (SSSR count). The second-order valence-electron chi connectivity index (χ2n) is 16.3. The first kappa shape index (κ1) is 39.2. The highest BCUT2D eigenvalue weighted by Gasteiger charge is 2.29. The van der Waals surface area contributed by atoms with E-state index in [1.54, 1.807) is 12.1 Å². The number of furan rings is 1. The Morgan fingerprint density at radius 1 is 0.358 bits per heavy atom. The first-order valence-electron chi connectivity index (χ1n) is 21.6. The zero-order valence-corrected chi connectivity index (χ0v) is 35.3. The fourth-order valence-corrected chi connectivity index (χ4v) is 9.27. The number of hydrogen-bond acceptors (Lipinski definition) is 9. The molecule has 0 spiro atoms. The number of para-hydroxylation sites is 1. The summed E-state index contributed by atoms with van der Waals surface area (Å²) in [6, 6.07) is 62.9. The summed E-state index contributed by atoms with van der Waals surface area (Å²) in [5.74, 6) is -5.08. The maximum absolute atomic E-state index is 11.2. The number of benzene rings is 9. The van der Waals surface area contributed by atoms with E-state index >= 15 is 0 Å². The lowest BCUT2D eigenvalue weighted by Crippen LogP contribution is -2.01. The molecule has 9 aromatic carbocycles. The van der Waals surface area contributed by atoms with E-state index < -0.39 is 34.3 Å². The highest BCUT2D eigenvalue weighted by Crippen LogP contribution is 2.54. The quantitative estimate of drug-likeness (QED) is 0.0776. The van der Waals surface area contributed by atoms with Crippen LogP contribution in [0.25, 0.3) is 117 Å². The Morgan fingerprint density at radius 3 is 1.55 bits per heavy atom. The molecule has 320 valence electrons. The van der Waals surface area contributed by atoms with Gasteiger partial charge in [0.05, 0.1) is 22.3 Å². The predicted octanol–water partition coefficient (Wildman–Crippen LogP) is 13.4. The molecule has 67 heavy (non-hydrogen) atoms. The standard InChI is InChI=1S/C57H36N4O6/c62-49-48(50(63)52(65)53(66)51(49)64)57-59-55(35-21-11-4-12-22-35)58-56(60-57)41-31-37(33-17-7-2-8-18-33)30-40-47-45(67-54(40)41)28-27-44(46(47)34-19-9-3-10-20-34)61-42-24-14-13-23-38(42)39-29-36(25-26-43(39)61)32-15-5-1-6-16-32/h1-31,62-66H. The van der Waals surface area contributed by atoms with Crippen molar-refractivity contribution in [3.8, 4) is 102 Å². The van der Waals surface area contributed by atoms with E-state index in [4.69, 9.17) is 14.4 Å². The summed E-state index contributed by atoms with van der Waals surface area (Å²) in [4.78, 5) is 14.4. The molecule has 12 aromatic rings. The molecule has 3 aromatic heterocycles. The number of fused-ring (bicyclic) bond motifs is 6. The van der Waals surface area contributed by atoms with Crippen molar-refractivity contribution in [3.05, 3.63) is 188 Å². The van der Waals surface area contributed by atoms with E-state index in [9.17, 15) is 25.5 Å². The molecular formula is C57H36N4O6. The van der Waals surface area contributed by atoms with Gasteiger partial charge in [0.2, 0.25) is 17.2 Å². The van der Waals surface area contributed by atoms with Crippen LogP contribution < -0.4 is 0 Å². The summed E-state index contributed by atoms with van der Waals surface area (Å²) in [6.07, 6.45) is 0. The maximum Gasteiger partial charge on any atom is 0.208 e. The van der Waals surface area contributed by atoms with Crippen molar-refractivity contribution in [2.75, 3.05) is 0 Å². The molecule has 5 N–H and O–H groups in total. The minimum atomic E-state index is -1.10. The molecule has 0 fully saturated rings. The van der Waals surface area contributed by atoms with Crippen LogP contribution in [0.2, 0.25) is 0 Å². The Balaban J connectivity index is 1.19. The number of nitrogens with zero attached hydrogens (tertiary/aromatic N) is 4. The summed E-state index contributed by atoms with van der Waals surface area (Å²) in [6.45, 7) is 0. The van der Waals surface area contributed by atoms with E-state index in [2.05, 4.69) is 101 Å². The smallest absolute Gasteiger partial charge is 0.208 e. The normalized spacial score (nSPS) is 11.6. The van der Waals surface area contributed by atoms with Crippen LogP contribution in [0.4, 0.5) is 0 Å². The van der Waals surface area contributed by atoms with Gasteiger partial charge in [0, 0.05) is 32.7 Å². The van der Waals surface area contributed by atoms with Gasteiger partial charge in [-0.15, -0.1) is 0 Å². The Morgan fingerprint density at radius 2 is 0.881 bits per heavy atom. The summed E-state index contributed by atoms with van der Waals surface area (Å²) in [5, 5.41) is 57.7. The van der Waals surface area contributed by atoms with E-state index in [0.29, 0.717) is 22.3 Å². The molecular weight excluding hydrogens is 837 g/mol.